The van der Waals surface area contributed by atoms with E-state index in [9.17, 15) is 8.78 Å². The quantitative estimate of drug-likeness (QED) is 0.876. The van der Waals surface area contributed by atoms with Gasteiger partial charge in [-0.1, -0.05) is 13.0 Å². The molecule has 2 atom stereocenters. The van der Waals surface area contributed by atoms with Crippen LogP contribution in [0.5, 0.6) is 0 Å². The third-order valence-corrected chi connectivity index (χ3v) is 3.78. The van der Waals surface area contributed by atoms with Crippen molar-refractivity contribution in [2.24, 2.45) is 0 Å². The number of ether oxygens (including phenoxy) is 1. The fourth-order valence-corrected chi connectivity index (χ4v) is 2.14. The Hall–Kier alpha value is -1.00. The predicted octanol–water partition coefficient (Wildman–Crippen LogP) is 3.18. The summed E-state index contributed by atoms with van der Waals surface area (Å²) in [6.45, 7) is 5.53. The zero-order valence-corrected chi connectivity index (χ0v) is 10.8. The minimum absolute atomic E-state index is 0.0628. The molecule has 1 heterocycles. The van der Waals surface area contributed by atoms with Crippen LogP contribution in [0.4, 0.5) is 8.78 Å². The topological polar surface area (TPSA) is 21.3 Å². The Morgan fingerprint density at radius 2 is 2.17 bits per heavy atom. The van der Waals surface area contributed by atoms with E-state index in [0.717, 1.165) is 18.9 Å². The van der Waals surface area contributed by atoms with Crippen LogP contribution in [-0.4, -0.2) is 18.7 Å². The maximum absolute atomic E-state index is 13.2. The lowest BCUT2D eigenvalue weighted by Crippen LogP contribution is -2.42. The molecule has 1 aromatic rings. The van der Waals surface area contributed by atoms with Crippen LogP contribution >= 0.6 is 0 Å². The van der Waals surface area contributed by atoms with E-state index in [-0.39, 0.29) is 11.6 Å². The van der Waals surface area contributed by atoms with Crippen molar-refractivity contribution in [3.63, 3.8) is 0 Å². The van der Waals surface area contributed by atoms with E-state index in [0.29, 0.717) is 18.7 Å². The van der Waals surface area contributed by atoms with Crippen LogP contribution in [0.15, 0.2) is 18.2 Å². The molecule has 18 heavy (non-hydrogen) atoms. The highest BCUT2D eigenvalue weighted by Gasteiger charge is 2.27. The van der Waals surface area contributed by atoms with E-state index >= 15 is 0 Å². The standard InChI is InChI=1S/C14H19F2NO/c1-3-14(2)6-7-18-13(9-17-14)10-4-5-11(15)12(16)8-10/h4-5,8,13,17H,3,6-7,9H2,1-2H3. The predicted molar refractivity (Wildman–Crippen MR) is 66.4 cm³/mol. The Morgan fingerprint density at radius 1 is 1.39 bits per heavy atom. The first-order chi connectivity index (χ1) is 8.54. The van der Waals surface area contributed by atoms with Crippen molar-refractivity contribution in [3.8, 4) is 0 Å². The van der Waals surface area contributed by atoms with Gasteiger partial charge in [0.2, 0.25) is 0 Å². The van der Waals surface area contributed by atoms with Gasteiger partial charge in [-0.2, -0.15) is 0 Å². The number of hydrogen-bond acceptors (Lipinski definition) is 2. The number of hydrogen-bond donors (Lipinski definition) is 1. The van der Waals surface area contributed by atoms with Gasteiger partial charge in [-0.05, 0) is 37.5 Å². The highest BCUT2D eigenvalue weighted by atomic mass is 19.2. The Labute approximate surface area is 106 Å². The van der Waals surface area contributed by atoms with Gasteiger partial charge in [-0.3, -0.25) is 0 Å². The first-order valence-electron chi connectivity index (χ1n) is 6.36. The van der Waals surface area contributed by atoms with Gasteiger partial charge < -0.3 is 10.1 Å². The van der Waals surface area contributed by atoms with Crippen molar-refractivity contribution in [2.45, 2.75) is 38.3 Å². The zero-order chi connectivity index (χ0) is 13.2. The van der Waals surface area contributed by atoms with Crippen molar-refractivity contribution < 1.29 is 13.5 Å². The molecule has 0 radical (unpaired) electrons. The number of benzene rings is 1. The number of nitrogens with one attached hydrogen (secondary N) is 1. The second-order valence-corrected chi connectivity index (χ2v) is 5.08. The van der Waals surface area contributed by atoms with Crippen LogP contribution in [0.1, 0.15) is 38.4 Å². The van der Waals surface area contributed by atoms with Crippen molar-refractivity contribution >= 4 is 0 Å². The van der Waals surface area contributed by atoms with Crippen LogP contribution in [0.2, 0.25) is 0 Å². The number of halogens is 2. The molecular weight excluding hydrogens is 236 g/mol. The fourth-order valence-electron chi connectivity index (χ4n) is 2.14. The van der Waals surface area contributed by atoms with E-state index in [1.807, 2.05) is 0 Å². The lowest BCUT2D eigenvalue weighted by Gasteiger charge is -2.27. The SMILES string of the molecule is CCC1(C)CCOC(c2ccc(F)c(F)c2)CN1. The summed E-state index contributed by atoms with van der Waals surface area (Å²) in [5, 5.41) is 3.45. The Balaban J connectivity index is 2.12. The highest BCUT2D eigenvalue weighted by Crippen LogP contribution is 2.25. The third kappa shape index (κ3) is 2.87. The molecule has 100 valence electrons. The molecule has 0 amide bonds. The van der Waals surface area contributed by atoms with Gasteiger partial charge in [-0.15, -0.1) is 0 Å². The second kappa shape index (κ2) is 5.33. The summed E-state index contributed by atoms with van der Waals surface area (Å²) in [4.78, 5) is 0. The van der Waals surface area contributed by atoms with Crippen LogP contribution < -0.4 is 5.32 Å². The molecular formula is C14H19F2NO. The van der Waals surface area contributed by atoms with Gasteiger partial charge in [-0.25, -0.2) is 8.78 Å². The maximum Gasteiger partial charge on any atom is 0.159 e. The highest BCUT2D eigenvalue weighted by molar-refractivity contribution is 5.21. The summed E-state index contributed by atoms with van der Waals surface area (Å²) >= 11 is 0. The first-order valence-corrected chi connectivity index (χ1v) is 6.36. The average molecular weight is 255 g/mol. The molecule has 1 aliphatic heterocycles. The molecule has 1 N–H and O–H groups in total. The Morgan fingerprint density at radius 3 is 2.83 bits per heavy atom. The van der Waals surface area contributed by atoms with Gasteiger partial charge >= 0.3 is 0 Å². The first kappa shape index (κ1) is 13.4. The minimum Gasteiger partial charge on any atom is -0.372 e. The van der Waals surface area contributed by atoms with E-state index in [2.05, 4.69) is 19.2 Å². The van der Waals surface area contributed by atoms with Crippen LogP contribution in [0.25, 0.3) is 0 Å². The molecule has 2 unspecified atom stereocenters. The molecule has 1 fully saturated rings. The maximum atomic E-state index is 13.2. The molecule has 0 saturated carbocycles. The summed E-state index contributed by atoms with van der Waals surface area (Å²) in [6, 6.07) is 3.95. The molecule has 1 saturated heterocycles. The van der Waals surface area contributed by atoms with Crippen LogP contribution in [0.3, 0.4) is 0 Å². The normalized spacial score (nSPS) is 29.0. The van der Waals surface area contributed by atoms with Crippen LogP contribution in [-0.2, 0) is 4.74 Å². The van der Waals surface area contributed by atoms with E-state index in [1.54, 1.807) is 6.07 Å². The second-order valence-electron chi connectivity index (χ2n) is 5.08. The summed E-state index contributed by atoms with van der Waals surface area (Å²) in [5.74, 6) is -1.64. The van der Waals surface area contributed by atoms with Crippen molar-refractivity contribution in [2.75, 3.05) is 13.2 Å². The minimum atomic E-state index is -0.821. The zero-order valence-electron chi connectivity index (χ0n) is 10.8. The molecule has 0 aliphatic carbocycles. The lowest BCUT2D eigenvalue weighted by atomic mass is 9.95. The summed E-state index contributed by atoms with van der Waals surface area (Å²) in [5.41, 5.74) is 0.745. The van der Waals surface area contributed by atoms with Gasteiger partial charge in [0.15, 0.2) is 11.6 Å². The molecule has 0 spiro atoms. The third-order valence-electron chi connectivity index (χ3n) is 3.78. The van der Waals surface area contributed by atoms with E-state index < -0.39 is 11.6 Å². The van der Waals surface area contributed by atoms with Gasteiger partial charge in [0.25, 0.3) is 0 Å². The van der Waals surface area contributed by atoms with Crippen molar-refractivity contribution in [1.82, 2.24) is 5.32 Å². The van der Waals surface area contributed by atoms with Crippen LogP contribution in [0, 0.1) is 11.6 Å². The monoisotopic (exact) mass is 255 g/mol. The van der Waals surface area contributed by atoms with E-state index in [4.69, 9.17) is 4.74 Å². The fraction of sp³-hybridized carbons (Fsp3) is 0.571. The molecule has 2 nitrogen and oxygen atoms in total. The van der Waals surface area contributed by atoms with Gasteiger partial charge in [0.1, 0.15) is 0 Å². The van der Waals surface area contributed by atoms with Crippen molar-refractivity contribution in [1.29, 1.82) is 0 Å². The molecule has 1 aliphatic rings. The van der Waals surface area contributed by atoms with Gasteiger partial charge in [0.05, 0.1) is 6.10 Å². The molecule has 0 bridgehead atoms. The Kier molecular flexibility index (Phi) is 3.97. The largest absolute Gasteiger partial charge is 0.372 e. The molecule has 4 heteroatoms. The Bertz CT molecular complexity index is 424. The molecule has 1 aromatic carbocycles. The van der Waals surface area contributed by atoms with Crippen molar-refractivity contribution in [3.05, 3.63) is 35.4 Å². The molecule has 2 rings (SSSR count). The lowest BCUT2D eigenvalue weighted by molar-refractivity contribution is 0.0650. The summed E-state index contributed by atoms with van der Waals surface area (Å²) in [6.07, 6.45) is 1.72. The van der Waals surface area contributed by atoms with Gasteiger partial charge in [0, 0.05) is 18.7 Å². The smallest absolute Gasteiger partial charge is 0.159 e. The number of rotatable bonds is 2. The molecule has 0 aromatic heterocycles. The average Bonchev–Trinajstić information content (AvgIpc) is 2.56. The van der Waals surface area contributed by atoms with E-state index in [1.165, 1.54) is 6.07 Å². The summed E-state index contributed by atoms with van der Waals surface area (Å²) < 4.78 is 31.8. The summed E-state index contributed by atoms with van der Waals surface area (Å²) in [7, 11) is 0.